The lowest BCUT2D eigenvalue weighted by atomic mass is 9.90. The predicted molar refractivity (Wildman–Crippen MR) is 62.7 cm³/mol. The van der Waals surface area contributed by atoms with Gasteiger partial charge in [-0.05, 0) is 24.8 Å². The maximum Gasteiger partial charge on any atom is 0.220 e. The SMILES string of the molecule is CCC1CCNCC1NC(=O)CC(C)C. The smallest absolute Gasteiger partial charge is 0.220 e. The molecule has 2 unspecified atom stereocenters. The molecular weight excluding hydrogens is 188 g/mol. The maximum atomic E-state index is 11.6. The quantitative estimate of drug-likeness (QED) is 0.742. The fraction of sp³-hybridized carbons (Fsp3) is 0.917. The van der Waals surface area contributed by atoms with E-state index in [-0.39, 0.29) is 5.91 Å². The summed E-state index contributed by atoms with van der Waals surface area (Å²) in [4.78, 5) is 11.6. The Morgan fingerprint density at radius 3 is 2.87 bits per heavy atom. The summed E-state index contributed by atoms with van der Waals surface area (Å²) in [6.07, 6.45) is 2.99. The molecule has 0 aliphatic carbocycles. The normalized spacial score (nSPS) is 26.7. The van der Waals surface area contributed by atoms with Crippen molar-refractivity contribution >= 4 is 5.91 Å². The average Bonchev–Trinajstić information content (AvgIpc) is 2.17. The number of carbonyl (C=O) groups is 1. The van der Waals surface area contributed by atoms with Crippen LogP contribution in [0.4, 0.5) is 0 Å². The first-order valence-corrected chi connectivity index (χ1v) is 6.13. The number of amides is 1. The van der Waals surface area contributed by atoms with Gasteiger partial charge in [0.05, 0.1) is 0 Å². The molecule has 1 saturated heterocycles. The van der Waals surface area contributed by atoms with Crippen molar-refractivity contribution in [3.8, 4) is 0 Å². The first kappa shape index (κ1) is 12.5. The summed E-state index contributed by atoms with van der Waals surface area (Å²) in [6.45, 7) is 8.39. The number of rotatable bonds is 4. The van der Waals surface area contributed by atoms with Gasteiger partial charge in [0.15, 0.2) is 0 Å². The van der Waals surface area contributed by atoms with Gasteiger partial charge in [0.1, 0.15) is 0 Å². The molecule has 2 N–H and O–H groups in total. The minimum atomic E-state index is 0.206. The van der Waals surface area contributed by atoms with E-state index < -0.39 is 0 Å². The largest absolute Gasteiger partial charge is 0.352 e. The molecule has 15 heavy (non-hydrogen) atoms. The summed E-state index contributed by atoms with van der Waals surface area (Å²) < 4.78 is 0. The maximum absolute atomic E-state index is 11.6. The highest BCUT2D eigenvalue weighted by molar-refractivity contribution is 5.76. The second kappa shape index (κ2) is 6.11. The van der Waals surface area contributed by atoms with Gasteiger partial charge in [-0.2, -0.15) is 0 Å². The summed E-state index contributed by atoms with van der Waals surface area (Å²) in [5.74, 6) is 1.31. The Balaban J connectivity index is 2.37. The van der Waals surface area contributed by atoms with Crippen molar-refractivity contribution in [1.29, 1.82) is 0 Å². The lowest BCUT2D eigenvalue weighted by Gasteiger charge is -2.32. The summed E-state index contributed by atoms with van der Waals surface area (Å²) >= 11 is 0. The monoisotopic (exact) mass is 212 g/mol. The molecule has 1 aliphatic rings. The van der Waals surface area contributed by atoms with Gasteiger partial charge in [-0.1, -0.05) is 27.2 Å². The lowest BCUT2D eigenvalue weighted by molar-refractivity contribution is -0.123. The van der Waals surface area contributed by atoms with Crippen LogP contribution >= 0.6 is 0 Å². The van der Waals surface area contributed by atoms with Crippen LogP contribution in [-0.4, -0.2) is 25.0 Å². The first-order chi connectivity index (χ1) is 7.13. The predicted octanol–water partition coefficient (Wildman–Crippen LogP) is 1.54. The van der Waals surface area contributed by atoms with Gasteiger partial charge in [-0.3, -0.25) is 4.79 Å². The van der Waals surface area contributed by atoms with E-state index >= 15 is 0 Å². The molecular formula is C12H24N2O. The topological polar surface area (TPSA) is 41.1 Å². The van der Waals surface area contributed by atoms with Crippen LogP contribution in [0.25, 0.3) is 0 Å². The second-order valence-electron chi connectivity index (χ2n) is 4.93. The van der Waals surface area contributed by atoms with E-state index in [1.54, 1.807) is 0 Å². The van der Waals surface area contributed by atoms with Crippen molar-refractivity contribution in [2.45, 2.75) is 46.1 Å². The van der Waals surface area contributed by atoms with Crippen LogP contribution in [0.1, 0.15) is 40.0 Å². The Hall–Kier alpha value is -0.570. The molecule has 1 heterocycles. The van der Waals surface area contributed by atoms with Gasteiger partial charge >= 0.3 is 0 Å². The van der Waals surface area contributed by atoms with Gasteiger partial charge in [-0.15, -0.1) is 0 Å². The third kappa shape index (κ3) is 4.20. The molecule has 0 saturated carbocycles. The zero-order valence-corrected chi connectivity index (χ0v) is 10.2. The molecule has 0 aromatic carbocycles. The zero-order valence-electron chi connectivity index (χ0n) is 10.2. The van der Waals surface area contributed by atoms with Crippen molar-refractivity contribution in [3.05, 3.63) is 0 Å². The molecule has 0 aromatic rings. The average molecular weight is 212 g/mol. The van der Waals surface area contributed by atoms with Crippen molar-refractivity contribution in [3.63, 3.8) is 0 Å². The van der Waals surface area contributed by atoms with E-state index in [1.165, 1.54) is 6.42 Å². The van der Waals surface area contributed by atoms with Crippen molar-refractivity contribution < 1.29 is 4.79 Å². The molecule has 2 atom stereocenters. The molecule has 1 aliphatic heterocycles. The van der Waals surface area contributed by atoms with Crippen molar-refractivity contribution in [2.75, 3.05) is 13.1 Å². The highest BCUT2D eigenvalue weighted by atomic mass is 16.1. The molecule has 1 fully saturated rings. The third-order valence-corrected chi connectivity index (χ3v) is 3.09. The van der Waals surface area contributed by atoms with Gasteiger partial charge in [0.2, 0.25) is 5.91 Å². The van der Waals surface area contributed by atoms with E-state index in [9.17, 15) is 4.79 Å². The third-order valence-electron chi connectivity index (χ3n) is 3.09. The fourth-order valence-electron chi connectivity index (χ4n) is 2.21. The number of nitrogens with one attached hydrogen (secondary N) is 2. The molecule has 1 rings (SSSR count). The molecule has 0 radical (unpaired) electrons. The van der Waals surface area contributed by atoms with Crippen LogP contribution in [-0.2, 0) is 4.79 Å². The summed E-state index contributed by atoms with van der Waals surface area (Å²) in [6, 6.07) is 0.343. The first-order valence-electron chi connectivity index (χ1n) is 6.13. The number of piperidine rings is 1. The van der Waals surface area contributed by atoms with E-state index in [0.29, 0.717) is 24.3 Å². The van der Waals surface area contributed by atoms with Crippen molar-refractivity contribution in [1.82, 2.24) is 10.6 Å². The van der Waals surface area contributed by atoms with Gasteiger partial charge in [0, 0.05) is 19.0 Å². The highest BCUT2D eigenvalue weighted by Crippen LogP contribution is 2.16. The van der Waals surface area contributed by atoms with Gasteiger partial charge in [0.25, 0.3) is 0 Å². The summed E-state index contributed by atoms with van der Waals surface area (Å²) in [5, 5.41) is 6.49. The standard InChI is InChI=1S/C12H24N2O/c1-4-10-5-6-13-8-11(10)14-12(15)7-9(2)3/h9-11,13H,4-8H2,1-3H3,(H,14,15). The number of carbonyl (C=O) groups excluding carboxylic acids is 1. The van der Waals surface area contributed by atoms with Crippen LogP contribution in [0.5, 0.6) is 0 Å². The van der Waals surface area contributed by atoms with Crippen LogP contribution in [0.15, 0.2) is 0 Å². The molecule has 0 spiro atoms. The molecule has 3 heteroatoms. The molecule has 0 bridgehead atoms. The Bertz CT molecular complexity index is 204. The second-order valence-corrected chi connectivity index (χ2v) is 4.93. The van der Waals surface area contributed by atoms with E-state index in [4.69, 9.17) is 0 Å². The van der Waals surface area contributed by atoms with E-state index in [1.807, 2.05) is 0 Å². The molecule has 3 nitrogen and oxygen atoms in total. The van der Waals surface area contributed by atoms with E-state index in [2.05, 4.69) is 31.4 Å². The van der Waals surface area contributed by atoms with Gasteiger partial charge in [-0.25, -0.2) is 0 Å². The fourth-order valence-corrected chi connectivity index (χ4v) is 2.21. The lowest BCUT2D eigenvalue weighted by Crippen LogP contribution is -2.51. The molecule has 88 valence electrons. The van der Waals surface area contributed by atoms with Crippen LogP contribution in [0.2, 0.25) is 0 Å². The van der Waals surface area contributed by atoms with E-state index in [0.717, 1.165) is 19.5 Å². The van der Waals surface area contributed by atoms with Crippen molar-refractivity contribution in [2.24, 2.45) is 11.8 Å². The number of hydrogen-bond donors (Lipinski definition) is 2. The Morgan fingerprint density at radius 1 is 1.53 bits per heavy atom. The van der Waals surface area contributed by atoms with Crippen LogP contribution in [0.3, 0.4) is 0 Å². The minimum absolute atomic E-state index is 0.206. The Kier molecular flexibility index (Phi) is 5.09. The summed E-state index contributed by atoms with van der Waals surface area (Å²) in [7, 11) is 0. The Morgan fingerprint density at radius 2 is 2.27 bits per heavy atom. The van der Waals surface area contributed by atoms with Crippen LogP contribution in [0, 0.1) is 11.8 Å². The molecule has 0 aromatic heterocycles. The minimum Gasteiger partial charge on any atom is -0.352 e. The highest BCUT2D eigenvalue weighted by Gasteiger charge is 2.24. The Labute approximate surface area is 93.0 Å². The van der Waals surface area contributed by atoms with Crippen LogP contribution < -0.4 is 10.6 Å². The molecule has 1 amide bonds. The summed E-state index contributed by atoms with van der Waals surface area (Å²) in [5.41, 5.74) is 0. The number of hydrogen-bond acceptors (Lipinski definition) is 2. The zero-order chi connectivity index (χ0) is 11.3. The van der Waals surface area contributed by atoms with Gasteiger partial charge < -0.3 is 10.6 Å².